The summed E-state index contributed by atoms with van der Waals surface area (Å²) in [5.41, 5.74) is 5.60. The van der Waals surface area contributed by atoms with E-state index < -0.39 is 7.28 Å². The van der Waals surface area contributed by atoms with Crippen LogP contribution in [-0.2, 0) is 30.7 Å². The second-order valence-corrected chi connectivity index (χ2v) is 20.1. The predicted molar refractivity (Wildman–Crippen MR) is 180 cm³/mol. The van der Waals surface area contributed by atoms with Crippen molar-refractivity contribution in [3.05, 3.63) is 64.2 Å². The number of rotatable bonds is 8. The molecule has 2 aromatic carbocycles. The average Bonchev–Trinajstić information content (AvgIpc) is 2.82. The van der Waals surface area contributed by atoms with Crippen LogP contribution in [-0.4, -0.2) is 11.7 Å². The maximum atomic E-state index is 13.5. The third-order valence-electron chi connectivity index (χ3n) is 9.15. The van der Waals surface area contributed by atoms with Crippen LogP contribution in [0.15, 0.2) is 36.4 Å². The number of hydrogen-bond donors (Lipinski definition) is 1. The summed E-state index contributed by atoms with van der Waals surface area (Å²) in [4.78, 5) is 13.5. The van der Waals surface area contributed by atoms with Crippen molar-refractivity contribution in [2.75, 3.05) is 6.79 Å². The van der Waals surface area contributed by atoms with Crippen LogP contribution < -0.4 is 5.30 Å². The molecule has 0 amide bonds. The van der Waals surface area contributed by atoms with E-state index in [2.05, 4.69) is 133 Å². The predicted octanol–water partition coefficient (Wildman–Crippen LogP) is 10.8. The Bertz CT molecular complexity index is 1210. The first-order valence-electron chi connectivity index (χ1n) is 16.0. The molecule has 3 rings (SSSR count). The number of benzene rings is 2. The molecule has 3 nitrogen and oxygen atoms in total. The number of hydrogen-bond acceptors (Lipinski definition) is 3. The van der Waals surface area contributed by atoms with Crippen molar-refractivity contribution in [1.82, 2.24) is 0 Å². The molecule has 1 N–H and O–H groups in total. The van der Waals surface area contributed by atoms with Gasteiger partial charge < -0.3 is 0 Å². The Morgan fingerprint density at radius 2 is 1.20 bits per heavy atom. The van der Waals surface area contributed by atoms with Gasteiger partial charge in [0.1, 0.15) is 0 Å². The van der Waals surface area contributed by atoms with Crippen molar-refractivity contribution < 1.29 is 13.9 Å². The molecule has 0 aliphatic carbocycles. The molecule has 0 radical (unpaired) electrons. The molecule has 4 heteroatoms. The molecule has 2 atom stereocenters. The summed E-state index contributed by atoms with van der Waals surface area (Å²) < 4.78 is 13.3. The molecule has 0 saturated carbocycles. The fraction of sp³-hybridized carbons (Fsp3) is 0.676. The van der Waals surface area contributed by atoms with Crippen LogP contribution in [0.2, 0.25) is 0 Å². The van der Waals surface area contributed by atoms with E-state index >= 15 is 0 Å². The standard InChI is InChI=1S/C37H61O3P/c1-15-17-18-26(16-2)33(29-21-19-27(34(3,4)5)23-30(29)36(9,10)11)41(38,39-25-40-41)32-22-20-28(35(6,7)8)24-31(32)37(12,13)14/h19-24,26,33,38H,15-18,25H2,1-14H3. The molecule has 1 saturated heterocycles. The normalized spacial score (nSPS) is 20.0. The Hall–Kier alpha value is -1.25. The molecule has 232 valence electrons. The van der Waals surface area contributed by atoms with Gasteiger partial charge in [-0.15, -0.1) is 0 Å². The zero-order valence-corrected chi connectivity index (χ0v) is 29.8. The van der Waals surface area contributed by atoms with Gasteiger partial charge in [-0.25, -0.2) is 0 Å². The van der Waals surface area contributed by atoms with Crippen LogP contribution in [0, 0.1) is 5.92 Å². The van der Waals surface area contributed by atoms with Crippen LogP contribution in [0.5, 0.6) is 0 Å². The van der Waals surface area contributed by atoms with Crippen molar-refractivity contribution in [3.63, 3.8) is 0 Å². The van der Waals surface area contributed by atoms with Crippen molar-refractivity contribution in [2.24, 2.45) is 5.92 Å². The number of unbranched alkanes of at least 4 members (excludes halogenated alkanes) is 1. The first kappa shape index (κ1) is 34.2. The Labute approximate surface area is 253 Å². The third-order valence-corrected chi connectivity index (χ3v) is 13.3. The van der Waals surface area contributed by atoms with Gasteiger partial charge in [0.15, 0.2) is 0 Å². The van der Waals surface area contributed by atoms with Crippen LogP contribution in [0.1, 0.15) is 156 Å². The van der Waals surface area contributed by atoms with E-state index in [9.17, 15) is 4.89 Å². The van der Waals surface area contributed by atoms with E-state index in [0.717, 1.165) is 36.6 Å². The molecule has 1 heterocycles. The minimum atomic E-state index is -4.36. The van der Waals surface area contributed by atoms with E-state index in [1.165, 1.54) is 22.3 Å². The first-order chi connectivity index (χ1) is 18.6. The van der Waals surface area contributed by atoms with Crippen LogP contribution in [0.3, 0.4) is 0 Å². The average molecular weight is 585 g/mol. The first-order valence-corrected chi connectivity index (χ1v) is 18.0. The van der Waals surface area contributed by atoms with Crippen LogP contribution >= 0.6 is 7.28 Å². The van der Waals surface area contributed by atoms with E-state index in [0.29, 0.717) is 0 Å². The summed E-state index contributed by atoms with van der Waals surface area (Å²) in [7, 11) is -4.36. The maximum absolute atomic E-state index is 13.5. The monoisotopic (exact) mass is 584 g/mol. The Morgan fingerprint density at radius 3 is 1.59 bits per heavy atom. The van der Waals surface area contributed by atoms with Gasteiger partial charge in [-0.2, -0.15) is 0 Å². The van der Waals surface area contributed by atoms with E-state index in [1.807, 2.05) is 0 Å². The van der Waals surface area contributed by atoms with Crippen LogP contribution in [0.25, 0.3) is 0 Å². The van der Waals surface area contributed by atoms with Gasteiger partial charge in [0.05, 0.1) is 0 Å². The zero-order chi connectivity index (χ0) is 31.3. The molecule has 0 spiro atoms. The van der Waals surface area contributed by atoms with E-state index in [1.54, 1.807) is 0 Å². The molecule has 0 aromatic heterocycles. The molecule has 2 aromatic rings. The van der Waals surface area contributed by atoms with Gasteiger partial charge >= 0.3 is 253 Å². The zero-order valence-electron chi connectivity index (χ0n) is 28.9. The topological polar surface area (TPSA) is 38.7 Å². The summed E-state index contributed by atoms with van der Waals surface area (Å²) in [6, 6.07) is 13.6. The second-order valence-electron chi connectivity index (χ2n) is 16.6. The molecule has 1 aliphatic heterocycles. The van der Waals surface area contributed by atoms with Gasteiger partial charge in [-0.3, -0.25) is 0 Å². The molecule has 2 unspecified atom stereocenters. The van der Waals surface area contributed by atoms with Crippen LogP contribution in [0.4, 0.5) is 0 Å². The fourth-order valence-corrected chi connectivity index (χ4v) is 10.8. The van der Waals surface area contributed by atoms with Crippen molar-refractivity contribution in [2.45, 2.75) is 150 Å². The minimum absolute atomic E-state index is 0.00899. The Morgan fingerprint density at radius 1 is 0.707 bits per heavy atom. The van der Waals surface area contributed by atoms with E-state index in [-0.39, 0.29) is 40.0 Å². The van der Waals surface area contributed by atoms with Gasteiger partial charge in [0.25, 0.3) is 0 Å². The molecular weight excluding hydrogens is 523 g/mol. The summed E-state index contributed by atoms with van der Waals surface area (Å²) in [6.07, 6.45) is 4.21. The Balaban J connectivity index is 2.47. The third kappa shape index (κ3) is 6.64. The second kappa shape index (κ2) is 11.4. The fourth-order valence-electron chi connectivity index (χ4n) is 6.48. The van der Waals surface area contributed by atoms with E-state index in [4.69, 9.17) is 9.05 Å². The molecule has 1 fully saturated rings. The summed E-state index contributed by atoms with van der Waals surface area (Å²) in [5.74, 6) is 0.217. The molecular formula is C37H61O3P. The Kier molecular flexibility index (Phi) is 9.48. The summed E-state index contributed by atoms with van der Waals surface area (Å²) in [5, 5.41) is 0.877. The van der Waals surface area contributed by atoms with Gasteiger partial charge in [0.2, 0.25) is 0 Å². The van der Waals surface area contributed by atoms with Gasteiger partial charge in [-0.1, -0.05) is 0 Å². The molecule has 1 aliphatic rings. The van der Waals surface area contributed by atoms with Gasteiger partial charge in [0, 0.05) is 0 Å². The summed E-state index contributed by atoms with van der Waals surface area (Å²) in [6.45, 7) is 31.8. The van der Waals surface area contributed by atoms with Crippen molar-refractivity contribution >= 4 is 12.6 Å². The molecule has 0 bridgehead atoms. The molecule has 41 heavy (non-hydrogen) atoms. The summed E-state index contributed by atoms with van der Waals surface area (Å²) >= 11 is 0. The van der Waals surface area contributed by atoms with Crippen molar-refractivity contribution in [3.8, 4) is 0 Å². The quantitative estimate of drug-likeness (QED) is 0.314. The SMILES string of the molecule is CCCCC(CC)C(c1ccc(C(C)(C)C)cc1C(C)(C)C)P1(O)(c2ccc(C(C)(C)C)cc2C(C)(C)C)OCO1. The van der Waals surface area contributed by atoms with Gasteiger partial charge in [-0.05, 0) is 0 Å². The van der Waals surface area contributed by atoms with Crippen molar-refractivity contribution in [1.29, 1.82) is 0 Å².